The summed E-state index contributed by atoms with van der Waals surface area (Å²) in [5.74, 6) is 0.842. The van der Waals surface area contributed by atoms with Crippen molar-refractivity contribution in [3.63, 3.8) is 0 Å². The number of nitrogens with zero attached hydrogens (tertiary/aromatic N) is 2. The van der Waals surface area contributed by atoms with Crippen LogP contribution >= 0.6 is 24.0 Å². The van der Waals surface area contributed by atoms with Crippen LogP contribution in [0.2, 0.25) is 0 Å². The molecule has 1 aromatic rings. The van der Waals surface area contributed by atoms with E-state index < -0.39 is 0 Å². The van der Waals surface area contributed by atoms with Gasteiger partial charge in [-0.2, -0.15) is 0 Å². The highest BCUT2D eigenvalue weighted by Crippen LogP contribution is 2.51. The Labute approximate surface area is 180 Å². The third kappa shape index (κ3) is 4.42. The van der Waals surface area contributed by atoms with Gasteiger partial charge in [-0.1, -0.05) is 38.1 Å². The Bertz CT molecular complexity index is 695. The summed E-state index contributed by atoms with van der Waals surface area (Å²) >= 11 is 0. The maximum absolute atomic E-state index is 5.72. The molecule has 1 heterocycles. The second kappa shape index (κ2) is 8.82. The first-order chi connectivity index (χ1) is 12.4. The second-order valence-electron chi connectivity index (χ2n) is 8.03. The molecule has 1 fully saturated rings. The molecule has 0 saturated heterocycles. The van der Waals surface area contributed by atoms with Crippen LogP contribution in [0.15, 0.2) is 41.4 Å². The van der Waals surface area contributed by atoms with Crippen LogP contribution in [-0.4, -0.2) is 44.8 Å². The van der Waals surface area contributed by atoms with Crippen LogP contribution in [0.1, 0.15) is 32.8 Å². The van der Waals surface area contributed by atoms with Crippen molar-refractivity contribution in [2.45, 2.75) is 45.4 Å². The topological polar surface area (TPSA) is 48.9 Å². The van der Waals surface area contributed by atoms with E-state index >= 15 is 0 Å². The fourth-order valence-electron chi connectivity index (χ4n) is 3.82. The predicted octanol–water partition coefficient (Wildman–Crippen LogP) is 3.55. The molecule has 2 atom stereocenters. The van der Waals surface area contributed by atoms with Gasteiger partial charge in [0, 0.05) is 50.9 Å². The van der Waals surface area contributed by atoms with Crippen molar-refractivity contribution in [1.29, 1.82) is 0 Å². The van der Waals surface area contributed by atoms with Gasteiger partial charge in [0.25, 0.3) is 0 Å². The van der Waals surface area contributed by atoms with Gasteiger partial charge in [0.1, 0.15) is 0 Å². The maximum atomic E-state index is 5.72. The summed E-state index contributed by atoms with van der Waals surface area (Å²) in [6.07, 6.45) is 5.41. The number of anilines is 1. The predicted molar refractivity (Wildman–Crippen MR) is 124 cm³/mol. The second-order valence-corrected chi connectivity index (χ2v) is 8.03. The van der Waals surface area contributed by atoms with Gasteiger partial charge >= 0.3 is 0 Å². The SMILES string of the molecule is CN=C(NCc1cccc(N2CC=CC2)c1)NC1CC(C)(OC)C1(C)C.I. The molecule has 2 aliphatic rings. The molecule has 3 rings (SSSR count). The van der Waals surface area contributed by atoms with Crippen LogP contribution in [0.5, 0.6) is 0 Å². The molecule has 27 heavy (non-hydrogen) atoms. The first kappa shape index (κ1) is 22.0. The molecule has 2 N–H and O–H groups in total. The van der Waals surface area contributed by atoms with Gasteiger partial charge in [-0.15, -0.1) is 24.0 Å². The maximum Gasteiger partial charge on any atom is 0.191 e. The molecule has 0 bridgehead atoms. The normalized spacial score (nSPS) is 26.3. The largest absolute Gasteiger partial charge is 0.378 e. The summed E-state index contributed by atoms with van der Waals surface area (Å²) in [4.78, 5) is 6.76. The zero-order valence-corrected chi connectivity index (χ0v) is 19.4. The Balaban J connectivity index is 0.00000261. The molecule has 2 unspecified atom stereocenters. The Hall–Kier alpha value is -1.28. The molecule has 6 heteroatoms. The van der Waals surface area contributed by atoms with Gasteiger partial charge in [-0.05, 0) is 31.0 Å². The van der Waals surface area contributed by atoms with Gasteiger partial charge in [0.2, 0.25) is 0 Å². The lowest BCUT2D eigenvalue weighted by atomic mass is 9.56. The number of hydrogen-bond donors (Lipinski definition) is 2. The molecule has 1 aliphatic heterocycles. The minimum Gasteiger partial charge on any atom is -0.378 e. The summed E-state index contributed by atoms with van der Waals surface area (Å²) in [6.45, 7) is 9.42. The third-order valence-corrected chi connectivity index (χ3v) is 6.37. The molecule has 0 spiro atoms. The monoisotopic (exact) mass is 484 g/mol. The van der Waals surface area contributed by atoms with E-state index in [9.17, 15) is 0 Å². The van der Waals surface area contributed by atoms with Crippen LogP contribution in [0.25, 0.3) is 0 Å². The van der Waals surface area contributed by atoms with E-state index in [1.54, 1.807) is 7.11 Å². The summed E-state index contributed by atoms with van der Waals surface area (Å²) in [5, 5.41) is 7.01. The van der Waals surface area contributed by atoms with Crippen LogP contribution < -0.4 is 15.5 Å². The molecule has 1 saturated carbocycles. The quantitative estimate of drug-likeness (QED) is 0.291. The van der Waals surface area contributed by atoms with E-state index in [0.717, 1.165) is 32.0 Å². The minimum atomic E-state index is -0.0817. The Morgan fingerprint density at radius 3 is 2.56 bits per heavy atom. The van der Waals surface area contributed by atoms with Gasteiger partial charge in [-0.25, -0.2) is 0 Å². The Kier molecular flexibility index (Phi) is 7.19. The smallest absolute Gasteiger partial charge is 0.191 e. The van der Waals surface area contributed by atoms with Crippen molar-refractivity contribution in [1.82, 2.24) is 10.6 Å². The zero-order chi connectivity index (χ0) is 18.8. The van der Waals surface area contributed by atoms with E-state index in [-0.39, 0.29) is 35.0 Å². The number of nitrogens with one attached hydrogen (secondary N) is 2. The van der Waals surface area contributed by atoms with E-state index in [4.69, 9.17) is 4.74 Å². The van der Waals surface area contributed by atoms with E-state index in [2.05, 4.69) is 77.7 Å². The lowest BCUT2D eigenvalue weighted by Crippen LogP contribution is -2.69. The number of methoxy groups -OCH3 is 1. The lowest BCUT2D eigenvalue weighted by molar-refractivity contribution is -0.176. The fraction of sp³-hybridized carbons (Fsp3) is 0.571. The van der Waals surface area contributed by atoms with E-state index in [1.165, 1.54) is 11.3 Å². The third-order valence-electron chi connectivity index (χ3n) is 6.37. The number of aliphatic imine (C=N–C) groups is 1. The molecular formula is C21H33IN4O. The van der Waals surface area contributed by atoms with Crippen LogP contribution in [0.4, 0.5) is 5.69 Å². The summed E-state index contributed by atoms with van der Waals surface area (Å²) in [7, 11) is 3.62. The van der Waals surface area contributed by atoms with Crippen LogP contribution in [-0.2, 0) is 11.3 Å². The average molecular weight is 484 g/mol. The van der Waals surface area contributed by atoms with Crippen molar-refractivity contribution in [2.24, 2.45) is 10.4 Å². The number of guanidine groups is 1. The number of halogens is 1. The Morgan fingerprint density at radius 2 is 1.96 bits per heavy atom. The molecule has 150 valence electrons. The minimum absolute atomic E-state index is 0. The lowest BCUT2D eigenvalue weighted by Gasteiger charge is -2.59. The van der Waals surface area contributed by atoms with E-state index in [0.29, 0.717) is 6.04 Å². The highest BCUT2D eigenvalue weighted by molar-refractivity contribution is 14.0. The van der Waals surface area contributed by atoms with Crippen molar-refractivity contribution < 1.29 is 4.74 Å². The molecule has 0 aromatic heterocycles. The van der Waals surface area contributed by atoms with Crippen LogP contribution in [0.3, 0.4) is 0 Å². The van der Waals surface area contributed by atoms with Gasteiger partial charge in [0.15, 0.2) is 5.96 Å². The summed E-state index contributed by atoms with van der Waals surface area (Å²) in [5.41, 5.74) is 2.50. The van der Waals surface area contributed by atoms with E-state index in [1.807, 2.05) is 7.05 Å². The zero-order valence-electron chi connectivity index (χ0n) is 17.1. The molecule has 0 amide bonds. The van der Waals surface area contributed by atoms with Crippen molar-refractivity contribution >= 4 is 35.6 Å². The molecule has 0 radical (unpaired) electrons. The molecule has 1 aliphatic carbocycles. The summed E-state index contributed by atoms with van der Waals surface area (Å²) < 4.78 is 5.72. The highest BCUT2D eigenvalue weighted by Gasteiger charge is 2.58. The average Bonchev–Trinajstić information content (AvgIpc) is 3.19. The van der Waals surface area contributed by atoms with Gasteiger partial charge < -0.3 is 20.3 Å². The molecule has 5 nitrogen and oxygen atoms in total. The highest BCUT2D eigenvalue weighted by atomic mass is 127. The summed E-state index contributed by atoms with van der Waals surface area (Å²) in [6, 6.07) is 9.05. The number of hydrogen-bond acceptors (Lipinski definition) is 3. The number of benzene rings is 1. The molecule has 1 aromatic carbocycles. The first-order valence-electron chi connectivity index (χ1n) is 9.41. The van der Waals surface area contributed by atoms with Crippen molar-refractivity contribution in [2.75, 3.05) is 32.1 Å². The first-order valence-corrected chi connectivity index (χ1v) is 9.41. The fourth-order valence-corrected chi connectivity index (χ4v) is 3.82. The number of rotatable bonds is 5. The molecular weight excluding hydrogens is 451 g/mol. The van der Waals surface area contributed by atoms with Gasteiger partial charge in [-0.3, -0.25) is 4.99 Å². The van der Waals surface area contributed by atoms with Gasteiger partial charge in [0.05, 0.1) is 5.60 Å². The standard InChI is InChI=1S/C21H32N4O.HI/c1-20(2)18(14-21(20,3)26-5)24-19(22-4)23-15-16-9-8-10-17(13-16)25-11-6-7-12-25;/h6-10,13,18H,11-12,14-15H2,1-5H3,(H2,22,23,24);1H. The number of ether oxygens (including phenoxy) is 1. The van der Waals surface area contributed by atoms with Crippen LogP contribution in [0, 0.1) is 5.41 Å². The Morgan fingerprint density at radius 1 is 1.26 bits per heavy atom. The van der Waals surface area contributed by atoms with Crippen molar-refractivity contribution in [3.05, 3.63) is 42.0 Å². The van der Waals surface area contributed by atoms with Crippen molar-refractivity contribution in [3.8, 4) is 0 Å².